The number of nitro groups is 1. The van der Waals surface area contributed by atoms with Gasteiger partial charge >= 0.3 is 6.18 Å². The minimum absolute atomic E-state index is 0.0392. The van der Waals surface area contributed by atoms with E-state index in [4.69, 9.17) is 9.47 Å². The van der Waals surface area contributed by atoms with Crippen LogP contribution in [0.5, 0.6) is 11.5 Å². The number of methoxy groups -OCH3 is 2. The summed E-state index contributed by atoms with van der Waals surface area (Å²) in [4.78, 5) is 14.1. The molecule has 0 bridgehead atoms. The zero-order valence-electron chi connectivity index (χ0n) is 13.6. The van der Waals surface area contributed by atoms with Crippen LogP contribution in [0, 0.1) is 10.1 Å². The van der Waals surface area contributed by atoms with Gasteiger partial charge in [0.15, 0.2) is 11.5 Å². The standard InChI is InChI=1S/C15H13F3N4O4/c1-25-12-5-9(11(22(23)24)6-13(12)26-2)7-20-21-14-4-3-10(8-19-14)15(16,17)18/h3-8H,1-2H3,(H,19,21)/b20-7-. The SMILES string of the molecule is COc1cc(/C=N\Nc2ccc(C(F)(F)F)cn2)c([N+](=O)[O-])cc1OC. The molecule has 0 aliphatic carbocycles. The number of benzene rings is 1. The Morgan fingerprint density at radius 2 is 1.88 bits per heavy atom. The molecule has 0 saturated heterocycles. The molecule has 2 aromatic rings. The fourth-order valence-corrected chi connectivity index (χ4v) is 1.94. The van der Waals surface area contributed by atoms with Crippen molar-refractivity contribution in [2.24, 2.45) is 5.10 Å². The molecular weight excluding hydrogens is 357 g/mol. The second-order valence-electron chi connectivity index (χ2n) is 4.82. The number of hydrogen-bond acceptors (Lipinski definition) is 7. The summed E-state index contributed by atoms with van der Waals surface area (Å²) in [5, 5.41) is 14.9. The molecule has 0 atom stereocenters. The van der Waals surface area contributed by atoms with Gasteiger partial charge in [0.05, 0.1) is 42.6 Å². The molecule has 26 heavy (non-hydrogen) atoms. The normalized spacial score (nSPS) is 11.4. The number of pyridine rings is 1. The number of nitro benzene ring substituents is 1. The summed E-state index contributed by atoms with van der Waals surface area (Å²) < 4.78 is 47.5. The van der Waals surface area contributed by atoms with Gasteiger partial charge in [-0.3, -0.25) is 15.5 Å². The maximum Gasteiger partial charge on any atom is 0.417 e. The van der Waals surface area contributed by atoms with Gasteiger partial charge in [-0.05, 0) is 18.2 Å². The minimum atomic E-state index is -4.49. The summed E-state index contributed by atoms with van der Waals surface area (Å²) >= 11 is 0. The van der Waals surface area contributed by atoms with Crippen LogP contribution in [0.3, 0.4) is 0 Å². The van der Waals surface area contributed by atoms with Gasteiger partial charge in [-0.2, -0.15) is 18.3 Å². The van der Waals surface area contributed by atoms with Gasteiger partial charge in [0.1, 0.15) is 5.82 Å². The number of hydrazone groups is 1. The molecule has 2 rings (SSSR count). The molecule has 0 aliphatic rings. The molecule has 0 spiro atoms. The number of alkyl halides is 3. The van der Waals surface area contributed by atoms with Crippen LogP contribution in [0.15, 0.2) is 35.6 Å². The van der Waals surface area contributed by atoms with Gasteiger partial charge < -0.3 is 9.47 Å². The molecule has 1 aromatic carbocycles. The van der Waals surface area contributed by atoms with Crippen molar-refractivity contribution in [2.75, 3.05) is 19.6 Å². The number of nitrogens with one attached hydrogen (secondary N) is 1. The quantitative estimate of drug-likeness (QED) is 0.475. The van der Waals surface area contributed by atoms with Crippen LogP contribution >= 0.6 is 0 Å². The first kappa shape index (κ1) is 19.0. The average molecular weight is 370 g/mol. The molecule has 1 N–H and O–H groups in total. The lowest BCUT2D eigenvalue weighted by molar-refractivity contribution is -0.385. The van der Waals surface area contributed by atoms with Crippen molar-refractivity contribution in [1.29, 1.82) is 0 Å². The molecule has 0 unspecified atom stereocenters. The van der Waals surface area contributed by atoms with Crippen LogP contribution in [-0.2, 0) is 6.18 Å². The van der Waals surface area contributed by atoms with Gasteiger partial charge in [0, 0.05) is 6.20 Å². The highest BCUT2D eigenvalue weighted by molar-refractivity contribution is 5.87. The van der Waals surface area contributed by atoms with Crippen molar-refractivity contribution in [3.8, 4) is 11.5 Å². The number of anilines is 1. The molecule has 0 saturated carbocycles. The predicted molar refractivity (Wildman–Crippen MR) is 86.7 cm³/mol. The third-order valence-corrected chi connectivity index (χ3v) is 3.20. The Bertz CT molecular complexity index is 823. The number of ether oxygens (including phenoxy) is 2. The zero-order valence-corrected chi connectivity index (χ0v) is 13.6. The Kier molecular flexibility index (Phi) is 5.60. The monoisotopic (exact) mass is 370 g/mol. The summed E-state index contributed by atoms with van der Waals surface area (Å²) in [5.74, 6) is 0.471. The molecule has 0 fully saturated rings. The van der Waals surface area contributed by atoms with Crippen LogP contribution in [-0.4, -0.2) is 30.3 Å². The lowest BCUT2D eigenvalue weighted by atomic mass is 10.1. The number of rotatable bonds is 6. The molecule has 0 amide bonds. The third-order valence-electron chi connectivity index (χ3n) is 3.20. The van der Waals surface area contributed by atoms with Crippen LogP contribution in [0.1, 0.15) is 11.1 Å². The molecule has 138 valence electrons. The van der Waals surface area contributed by atoms with Crippen molar-refractivity contribution in [3.05, 3.63) is 51.7 Å². The van der Waals surface area contributed by atoms with Gasteiger partial charge in [-0.25, -0.2) is 4.98 Å². The maximum atomic E-state index is 12.5. The van der Waals surface area contributed by atoms with E-state index < -0.39 is 16.7 Å². The predicted octanol–water partition coefficient (Wildman–Crippen LogP) is 3.47. The van der Waals surface area contributed by atoms with Crippen LogP contribution < -0.4 is 14.9 Å². The number of aromatic nitrogens is 1. The molecule has 11 heteroatoms. The van der Waals surface area contributed by atoms with Crippen LogP contribution in [0.25, 0.3) is 0 Å². The number of nitrogens with zero attached hydrogens (tertiary/aromatic N) is 3. The van der Waals surface area contributed by atoms with Gasteiger partial charge in [-0.1, -0.05) is 0 Å². The molecule has 0 radical (unpaired) electrons. The minimum Gasteiger partial charge on any atom is -0.493 e. The Labute approximate surface area is 145 Å². The topological polar surface area (TPSA) is 98.9 Å². The van der Waals surface area contributed by atoms with Gasteiger partial charge in [-0.15, -0.1) is 0 Å². The Hall–Kier alpha value is -3.37. The average Bonchev–Trinajstić information content (AvgIpc) is 2.60. The van der Waals surface area contributed by atoms with Crippen molar-refractivity contribution in [1.82, 2.24) is 4.98 Å². The first-order chi connectivity index (χ1) is 12.3. The third kappa shape index (κ3) is 4.37. The van der Waals surface area contributed by atoms with Gasteiger partial charge in [0.2, 0.25) is 0 Å². The van der Waals surface area contributed by atoms with Crippen molar-refractivity contribution in [2.45, 2.75) is 6.18 Å². The highest BCUT2D eigenvalue weighted by atomic mass is 19.4. The van der Waals surface area contributed by atoms with Crippen molar-refractivity contribution in [3.63, 3.8) is 0 Å². The van der Waals surface area contributed by atoms with E-state index in [1.165, 1.54) is 26.4 Å². The first-order valence-corrected chi connectivity index (χ1v) is 6.99. The van der Waals surface area contributed by atoms with E-state index >= 15 is 0 Å². The summed E-state index contributed by atoms with van der Waals surface area (Å²) in [5.41, 5.74) is 1.32. The fraction of sp³-hybridized carbons (Fsp3) is 0.200. The Morgan fingerprint density at radius 3 is 2.38 bits per heavy atom. The second kappa shape index (κ2) is 7.68. The molecule has 0 aliphatic heterocycles. The number of hydrogen-bond donors (Lipinski definition) is 1. The largest absolute Gasteiger partial charge is 0.493 e. The lowest BCUT2D eigenvalue weighted by Crippen LogP contribution is -2.05. The van der Waals surface area contributed by atoms with Gasteiger partial charge in [0.25, 0.3) is 5.69 Å². The fourth-order valence-electron chi connectivity index (χ4n) is 1.94. The number of halogens is 3. The first-order valence-electron chi connectivity index (χ1n) is 6.99. The lowest BCUT2D eigenvalue weighted by Gasteiger charge is -2.08. The summed E-state index contributed by atoms with van der Waals surface area (Å²) in [6.07, 6.45) is -2.72. The van der Waals surface area contributed by atoms with Crippen molar-refractivity contribution >= 4 is 17.7 Å². The Balaban J connectivity index is 2.23. The molecule has 1 heterocycles. The van der Waals surface area contributed by atoms with E-state index in [-0.39, 0.29) is 28.6 Å². The summed E-state index contributed by atoms with van der Waals surface area (Å²) in [6.45, 7) is 0. The van der Waals surface area contributed by atoms with E-state index in [9.17, 15) is 23.3 Å². The summed E-state index contributed by atoms with van der Waals surface area (Å²) in [7, 11) is 2.71. The second-order valence-corrected chi connectivity index (χ2v) is 4.82. The molecule has 8 nitrogen and oxygen atoms in total. The van der Waals surface area contributed by atoms with E-state index in [1.807, 2.05) is 0 Å². The Morgan fingerprint density at radius 1 is 1.23 bits per heavy atom. The highest BCUT2D eigenvalue weighted by Gasteiger charge is 2.30. The van der Waals surface area contributed by atoms with Crippen molar-refractivity contribution < 1.29 is 27.6 Å². The summed E-state index contributed by atoms with van der Waals surface area (Å²) in [6, 6.07) is 4.45. The van der Waals surface area contributed by atoms with Crippen LogP contribution in [0.2, 0.25) is 0 Å². The maximum absolute atomic E-state index is 12.5. The van der Waals surface area contributed by atoms with E-state index in [0.29, 0.717) is 6.20 Å². The van der Waals surface area contributed by atoms with Crippen LogP contribution in [0.4, 0.5) is 24.7 Å². The smallest absolute Gasteiger partial charge is 0.417 e. The molecular formula is C15H13F3N4O4. The molecule has 1 aromatic heterocycles. The highest BCUT2D eigenvalue weighted by Crippen LogP contribution is 2.33. The zero-order chi connectivity index (χ0) is 19.3. The van der Waals surface area contributed by atoms with E-state index in [0.717, 1.165) is 18.3 Å². The van der Waals surface area contributed by atoms with E-state index in [2.05, 4.69) is 15.5 Å². The van der Waals surface area contributed by atoms with E-state index in [1.54, 1.807) is 0 Å².